The zero-order chi connectivity index (χ0) is 16.8. The van der Waals surface area contributed by atoms with Crippen molar-refractivity contribution < 1.29 is 14.6 Å². The van der Waals surface area contributed by atoms with Crippen LogP contribution in [-0.2, 0) is 4.74 Å². The first-order valence-electron chi connectivity index (χ1n) is 7.12. The van der Waals surface area contributed by atoms with Gasteiger partial charge in [-0.05, 0) is 33.8 Å². The summed E-state index contributed by atoms with van der Waals surface area (Å²) in [5.74, 6) is 0. The van der Waals surface area contributed by atoms with Crippen LogP contribution in [0.15, 0.2) is 19.4 Å². The molecule has 118 valence electrons. The summed E-state index contributed by atoms with van der Waals surface area (Å²) in [7, 11) is 0. The van der Waals surface area contributed by atoms with Crippen LogP contribution < -0.4 is 0 Å². The Morgan fingerprint density at radius 2 is 1.86 bits per heavy atom. The fraction of sp³-hybridized carbons (Fsp3) is 0.471. The minimum Gasteiger partial charge on any atom is -0.443 e. The third kappa shape index (κ3) is 4.90. The molecule has 0 amide bonds. The number of nitrogens with zero attached hydrogens (tertiary/aromatic N) is 1. The molecular weight excluding hydrogens is 266 g/mol. The highest BCUT2D eigenvalue weighted by Gasteiger charge is 2.23. The molecule has 1 unspecified atom stereocenters. The van der Waals surface area contributed by atoms with Gasteiger partial charge in [0.1, 0.15) is 5.60 Å². The van der Waals surface area contributed by atoms with Crippen LogP contribution in [0, 0.1) is 0 Å². The molecule has 1 aromatic rings. The molecule has 1 rings (SSSR count). The number of hydrogen-bond acceptors (Lipinski definition) is 3. The average molecular weight is 293 g/mol. The van der Waals surface area contributed by atoms with E-state index in [2.05, 4.69) is 13.2 Å². The van der Waals surface area contributed by atoms with Gasteiger partial charge in [0.05, 0.1) is 11.8 Å². The predicted octanol–water partition coefficient (Wildman–Crippen LogP) is 4.64. The minimum absolute atomic E-state index is 0.502. The van der Waals surface area contributed by atoms with E-state index in [9.17, 15) is 9.90 Å². The molecule has 0 radical (unpaired) electrons. The quantitative estimate of drug-likeness (QED) is 0.883. The fourth-order valence-corrected chi connectivity index (χ4v) is 1.78. The van der Waals surface area contributed by atoms with E-state index in [4.69, 9.17) is 4.74 Å². The number of aliphatic hydroxyl groups excluding tert-OH is 1. The minimum atomic E-state index is -0.699. The number of hydrogen-bond donors (Lipinski definition) is 1. The van der Waals surface area contributed by atoms with Crippen molar-refractivity contribution in [2.75, 3.05) is 0 Å². The van der Waals surface area contributed by atoms with Crippen LogP contribution in [0.1, 0.15) is 64.5 Å². The molecule has 0 fully saturated rings. The van der Waals surface area contributed by atoms with Crippen molar-refractivity contribution >= 4 is 18.2 Å². The Kier molecular flexibility index (Phi) is 7.16. The Balaban J connectivity index is 0.00000191. The van der Waals surface area contributed by atoms with Crippen molar-refractivity contribution in [1.29, 1.82) is 0 Å². The molecule has 1 aromatic heterocycles. The number of aromatic nitrogens is 1. The highest BCUT2D eigenvalue weighted by molar-refractivity contribution is 5.79. The Hall–Kier alpha value is -1.81. The summed E-state index contributed by atoms with van der Waals surface area (Å²) < 4.78 is 6.66. The summed E-state index contributed by atoms with van der Waals surface area (Å²) in [6.07, 6.45) is 3.51. The summed E-state index contributed by atoms with van der Waals surface area (Å²) in [5, 5.41) is 9.74. The Bertz CT molecular complexity index is 505. The highest BCUT2D eigenvalue weighted by atomic mass is 16.6. The normalized spacial score (nSPS) is 12.0. The van der Waals surface area contributed by atoms with Crippen molar-refractivity contribution in [2.24, 2.45) is 0 Å². The maximum absolute atomic E-state index is 12.1. The summed E-state index contributed by atoms with van der Waals surface area (Å²) in [5.41, 5.74) is 1.30. The van der Waals surface area contributed by atoms with E-state index in [1.54, 1.807) is 46.0 Å². The molecule has 4 heteroatoms. The zero-order valence-corrected chi connectivity index (χ0v) is 13.9. The molecule has 0 aliphatic rings. The Morgan fingerprint density at radius 1 is 1.33 bits per heavy atom. The smallest absolute Gasteiger partial charge is 0.419 e. The third-order valence-electron chi connectivity index (χ3n) is 2.55. The molecule has 0 saturated heterocycles. The SMILES string of the molecule is C=Cc1c(C(C)O)cn(C(=O)OC(C)(C)C)c1C=C.CC. The number of carbonyl (C=O) groups is 1. The van der Waals surface area contributed by atoms with E-state index >= 15 is 0 Å². The van der Waals surface area contributed by atoms with Gasteiger partial charge in [-0.15, -0.1) is 0 Å². The molecule has 4 nitrogen and oxygen atoms in total. The lowest BCUT2D eigenvalue weighted by Crippen LogP contribution is -2.27. The van der Waals surface area contributed by atoms with E-state index < -0.39 is 17.8 Å². The number of aliphatic hydroxyl groups is 1. The van der Waals surface area contributed by atoms with E-state index in [-0.39, 0.29) is 0 Å². The fourth-order valence-electron chi connectivity index (χ4n) is 1.78. The maximum atomic E-state index is 12.1. The van der Waals surface area contributed by atoms with Crippen molar-refractivity contribution in [3.8, 4) is 0 Å². The van der Waals surface area contributed by atoms with Gasteiger partial charge in [0.2, 0.25) is 0 Å². The van der Waals surface area contributed by atoms with Crippen LogP contribution in [0.5, 0.6) is 0 Å². The van der Waals surface area contributed by atoms with Gasteiger partial charge in [-0.3, -0.25) is 4.57 Å². The van der Waals surface area contributed by atoms with Gasteiger partial charge in [0, 0.05) is 17.3 Å². The molecule has 0 aromatic carbocycles. The van der Waals surface area contributed by atoms with E-state index in [0.717, 1.165) is 0 Å². The lowest BCUT2D eigenvalue weighted by atomic mass is 10.1. The molecule has 0 bridgehead atoms. The van der Waals surface area contributed by atoms with Crippen LogP contribution in [-0.4, -0.2) is 21.4 Å². The Labute approximate surface area is 127 Å². The first-order chi connectivity index (χ1) is 9.71. The molecule has 0 spiro atoms. The second-order valence-corrected chi connectivity index (χ2v) is 5.32. The zero-order valence-electron chi connectivity index (χ0n) is 13.9. The van der Waals surface area contributed by atoms with Crippen LogP contribution in [0.3, 0.4) is 0 Å². The molecule has 1 atom stereocenters. The second-order valence-electron chi connectivity index (χ2n) is 5.32. The topological polar surface area (TPSA) is 51.5 Å². The number of rotatable bonds is 3. The van der Waals surface area contributed by atoms with Gasteiger partial charge >= 0.3 is 6.09 Å². The summed E-state index contributed by atoms with van der Waals surface area (Å²) >= 11 is 0. The first kappa shape index (κ1) is 19.2. The third-order valence-corrected chi connectivity index (χ3v) is 2.55. The second kappa shape index (κ2) is 7.84. The van der Waals surface area contributed by atoms with Crippen LogP contribution in [0.25, 0.3) is 12.2 Å². The van der Waals surface area contributed by atoms with Gasteiger partial charge in [-0.2, -0.15) is 0 Å². The van der Waals surface area contributed by atoms with Gasteiger partial charge in [-0.1, -0.05) is 33.1 Å². The monoisotopic (exact) mass is 293 g/mol. The summed E-state index contributed by atoms with van der Waals surface area (Å²) in [6, 6.07) is 0. The molecule has 0 aliphatic carbocycles. The average Bonchev–Trinajstić information content (AvgIpc) is 2.77. The Morgan fingerprint density at radius 3 is 2.19 bits per heavy atom. The predicted molar refractivity (Wildman–Crippen MR) is 88.2 cm³/mol. The van der Waals surface area contributed by atoms with Crippen LogP contribution in [0.4, 0.5) is 4.79 Å². The standard InChI is InChI=1S/C15H21NO3.C2H6/c1-7-11-12(10(3)17)9-16(13(11)8-2)14(18)19-15(4,5)6;1-2/h7-10,17H,1-2H2,3-6H3;1-2H3. The van der Waals surface area contributed by atoms with Gasteiger partial charge in [0.25, 0.3) is 0 Å². The first-order valence-corrected chi connectivity index (χ1v) is 7.12. The lowest BCUT2D eigenvalue weighted by molar-refractivity contribution is 0.0536. The molecule has 1 heterocycles. The molecular formula is C17H27NO3. The lowest BCUT2D eigenvalue weighted by Gasteiger charge is -2.20. The van der Waals surface area contributed by atoms with E-state index in [1.165, 1.54) is 4.57 Å². The number of carbonyl (C=O) groups excluding carboxylic acids is 1. The van der Waals surface area contributed by atoms with Crippen molar-refractivity contribution in [2.45, 2.75) is 53.2 Å². The van der Waals surface area contributed by atoms with Crippen molar-refractivity contribution in [3.63, 3.8) is 0 Å². The van der Waals surface area contributed by atoms with Crippen LogP contribution >= 0.6 is 0 Å². The summed E-state index contributed by atoms with van der Waals surface area (Å²) in [4.78, 5) is 12.1. The van der Waals surface area contributed by atoms with Crippen LogP contribution in [0.2, 0.25) is 0 Å². The van der Waals surface area contributed by atoms with Gasteiger partial charge in [0.15, 0.2) is 0 Å². The largest absolute Gasteiger partial charge is 0.443 e. The van der Waals surface area contributed by atoms with E-state index in [0.29, 0.717) is 16.8 Å². The maximum Gasteiger partial charge on any atom is 0.419 e. The van der Waals surface area contributed by atoms with Crippen molar-refractivity contribution in [1.82, 2.24) is 4.57 Å². The molecule has 0 saturated carbocycles. The summed E-state index contributed by atoms with van der Waals surface area (Å²) in [6.45, 7) is 18.4. The van der Waals surface area contributed by atoms with Gasteiger partial charge < -0.3 is 9.84 Å². The molecule has 0 aliphatic heterocycles. The van der Waals surface area contributed by atoms with Gasteiger partial charge in [-0.25, -0.2) is 4.79 Å². The van der Waals surface area contributed by atoms with Crippen molar-refractivity contribution in [3.05, 3.63) is 36.2 Å². The molecule has 21 heavy (non-hydrogen) atoms. The molecule has 1 N–H and O–H groups in total. The number of ether oxygens (including phenoxy) is 1. The van der Waals surface area contributed by atoms with E-state index in [1.807, 2.05) is 13.8 Å². The highest BCUT2D eigenvalue weighted by Crippen LogP contribution is 2.26.